The van der Waals surface area contributed by atoms with Crippen LogP contribution in [0.15, 0.2) is 0 Å². The van der Waals surface area contributed by atoms with Gasteiger partial charge in [-0.1, -0.05) is 0 Å². The van der Waals surface area contributed by atoms with Gasteiger partial charge in [0.2, 0.25) is 0 Å². The molecule has 0 radical (unpaired) electrons. The molecule has 19 heavy (non-hydrogen) atoms. The van der Waals surface area contributed by atoms with Gasteiger partial charge in [0, 0.05) is 6.54 Å². The van der Waals surface area contributed by atoms with Crippen LogP contribution in [0.4, 0.5) is 4.79 Å². The van der Waals surface area contributed by atoms with Crippen LogP contribution in [-0.4, -0.2) is 72.1 Å². The van der Waals surface area contributed by atoms with E-state index in [0.717, 1.165) is 0 Å². The van der Waals surface area contributed by atoms with Crippen LogP contribution in [0, 0.1) is 0 Å². The third-order valence-electron chi connectivity index (χ3n) is 1.85. The summed E-state index contributed by atoms with van der Waals surface area (Å²) >= 11 is 0. The molecule has 0 atom stereocenters. The topological polar surface area (TPSA) is 115 Å². The third kappa shape index (κ3) is 17.1. The molecule has 0 aliphatic carbocycles. The van der Waals surface area contributed by atoms with Crippen LogP contribution >= 0.6 is 0 Å². The van der Waals surface area contributed by atoms with E-state index in [1.807, 2.05) is 0 Å². The Morgan fingerprint density at radius 3 is 1.42 bits per heavy atom. The van der Waals surface area contributed by atoms with Gasteiger partial charge in [-0.05, 0) is 0 Å². The predicted molar refractivity (Wildman–Crippen MR) is 67.9 cm³/mol. The molecule has 0 bridgehead atoms. The lowest BCUT2D eigenvalue weighted by Gasteiger charge is -2.07. The van der Waals surface area contributed by atoms with Crippen molar-refractivity contribution < 1.29 is 28.5 Å². The Balaban J connectivity index is 2.93. The van der Waals surface area contributed by atoms with Gasteiger partial charge in [0.1, 0.15) is 6.61 Å². The Morgan fingerprint density at radius 1 is 0.684 bits per heavy atom. The molecule has 0 fully saturated rings. The van der Waals surface area contributed by atoms with Gasteiger partial charge < -0.3 is 35.2 Å². The zero-order chi connectivity index (χ0) is 14.2. The summed E-state index contributed by atoms with van der Waals surface area (Å²) in [5, 5.41) is 0. The highest BCUT2D eigenvalue weighted by molar-refractivity contribution is 5.64. The van der Waals surface area contributed by atoms with Crippen molar-refractivity contribution >= 4 is 6.09 Å². The van der Waals surface area contributed by atoms with Crippen molar-refractivity contribution in [3.8, 4) is 0 Å². The van der Waals surface area contributed by atoms with Gasteiger partial charge in [-0.15, -0.1) is 0 Å². The fourth-order valence-corrected chi connectivity index (χ4v) is 1.05. The van der Waals surface area contributed by atoms with Crippen LogP contribution in [0.25, 0.3) is 0 Å². The van der Waals surface area contributed by atoms with Crippen molar-refractivity contribution in [1.82, 2.24) is 0 Å². The highest BCUT2D eigenvalue weighted by Gasteiger charge is 1.94. The molecule has 0 aromatic rings. The number of amides is 1. The molecular formula is C11H24N2O6. The number of carbonyl (C=O) groups is 1. The van der Waals surface area contributed by atoms with Crippen LogP contribution in [0.3, 0.4) is 0 Å². The first-order valence-corrected chi connectivity index (χ1v) is 6.20. The van der Waals surface area contributed by atoms with E-state index in [1.54, 1.807) is 0 Å². The maximum Gasteiger partial charge on any atom is 0.404 e. The van der Waals surface area contributed by atoms with Crippen molar-refractivity contribution in [1.29, 1.82) is 0 Å². The molecule has 0 saturated carbocycles. The molecule has 0 rings (SSSR count). The van der Waals surface area contributed by atoms with Crippen molar-refractivity contribution in [2.24, 2.45) is 11.5 Å². The van der Waals surface area contributed by atoms with Crippen LogP contribution in [-0.2, 0) is 23.7 Å². The van der Waals surface area contributed by atoms with Gasteiger partial charge in [-0.25, -0.2) is 4.79 Å². The summed E-state index contributed by atoms with van der Waals surface area (Å²) in [5.74, 6) is 0. The molecule has 0 heterocycles. The van der Waals surface area contributed by atoms with Crippen LogP contribution in [0.2, 0.25) is 0 Å². The lowest BCUT2D eigenvalue weighted by molar-refractivity contribution is -0.00557. The SMILES string of the molecule is NCCOCCOCCOCCOCCOC(N)=O. The molecule has 0 aromatic carbocycles. The van der Waals surface area contributed by atoms with Crippen LogP contribution < -0.4 is 11.5 Å². The monoisotopic (exact) mass is 280 g/mol. The molecule has 0 unspecified atom stereocenters. The summed E-state index contributed by atoms with van der Waals surface area (Å²) in [6.45, 7) is 4.51. The quantitative estimate of drug-likeness (QED) is 0.396. The number of rotatable bonds is 14. The average molecular weight is 280 g/mol. The van der Waals surface area contributed by atoms with Crippen LogP contribution in [0.5, 0.6) is 0 Å². The maximum atomic E-state index is 10.2. The fraction of sp³-hybridized carbons (Fsp3) is 0.909. The van der Waals surface area contributed by atoms with Crippen LogP contribution in [0.1, 0.15) is 0 Å². The third-order valence-corrected chi connectivity index (χ3v) is 1.85. The molecule has 0 aromatic heterocycles. The second-order valence-electron chi connectivity index (χ2n) is 3.41. The molecule has 8 nitrogen and oxygen atoms in total. The minimum Gasteiger partial charge on any atom is -0.447 e. The maximum absolute atomic E-state index is 10.2. The lowest BCUT2D eigenvalue weighted by atomic mass is 10.7. The molecule has 114 valence electrons. The smallest absolute Gasteiger partial charge is 0.404 e. The normalized spacial score (nSPS) is 10.6. The molecule has 1 amide bonds. The summed E-state index contributed by atoms with van der Waals surface area (Å²) < 4.78 is 25.2. The van der Waals surface area contributed by atoms with E-state index in [-0.39, 0.29) is 6.61 Å². The minimum absolute atomic E-state index is 0.154. The van der Waals surface area contributed by atoms with Gasteiger partial charge in [-0.2, -0.15) is 0 Å². The first-order chi connectivity index (χ1) is 9.27. The van der Waals surface area contributed by atoms with Gasteiger partial charge in [0.25, 0.3) is 0 Å². The minimum atomic E-state index is -0.799. The van der Waals surface area contributed by atoms with E-state index in [4.69, 9.17) is 30.4 Å². The summed E-state index contributed by atoms with van der Waals surface area (Å²) in [7, 11) is 0. The standard InChI is InChI=1S/C11H24N2O6/c12-1-2-15-3-4-16-5-6-17-7-8-18-9-10-19-11(13)14/h1-10,12H2,(H2,13,14). The molecule has 0 saturated heterocycles. The zero-order valence-corrected chi connectivity index (χ0v) is 11.2. The Morgan fingerprint density at radius 2 is 1.05 bits per heavy atom. The number of carbonyl (C=O) groups excluding carboxylic acids is 1. The van der Waals surface area contributed by atoms with E-state index in [0.29, 0.717) is 59.4 Å². The number of hydrogen-bond acceptors (Lipinski definition) is 7. The molecule has 8 heteroatoms. The molecular weight excluding hydrogens is 256 g/mol. The first-order valence-electron chi connectivity index (χ1n) is 6.20. The van der Waals surface area contributed by atoms with Crippen molar-refractivity contribution in [2.75, 3.05) is 66.0 Å². The fourth-order valence-electron chi connectivity index (χ4n) is 1.05. The number of hydrogen-bond donors (Lipinski definition) is 2. The Bertz CT molecular complexity index is 206. The van der Waals surface area contributed by atoms with E-state index in [2.05, 4.69) is 4.74 Å². The second-order valence-corrected chi connectivity index (χ2v) is 3.41. The van der Waals surface area contributed by atoms with E-state index < -0.39 is 6.09 Å². The average Bonchev–Trinajstić information content (AvgIpc) is 2.39. The van der Waals surface area contributed by atoms with E-state index in [9.17, 15) is 4.79 Å². The van der Waals surface area contributed by atoms with Gasteiger partial charge >= 0.3 is 6.09 Å². The lowest BCUT2D eigenvalue weighted by Crippen LogP contribution is -2.17. The number of nitrogens with two attached hydrogens (primary N) is 2. The zero-order valence-electron chi connectivity index (χ0n) is 11.2. The van der Waals surface area contributed by atoms with E-state index in [1.165, 1.54) is 0 Å². The molecule has 0 spiro atoms. The van der Waals surface area contributed by atoms with Crippen molar-refractivity contribution in [3.05, 3.63) is 0 Å². The highest BCUT2D eigenvalue weighted by atomic mass is 16.6. The summed E-state index contributed by atoms with van der Waals surface area (Å²) in [6.07, 6.45) is -0.799. The Hall–Kier alpha value is -0.930. The van der Waals surface area contributed by atoms with Crippen molar-refractivity contribution in [3.63, 3.8) is 0 Å². The highest BCUT2D eigenvalue weighted by Crippen LogP contribution is 1.83. The summed E-state index contributed by atoms with van der Waals surface area (Å²) in [4.78, 5) is 10.2. The second kappa shape index (κ2) is 15.1. The van der Waals surface area contributed by atoms with E-state index >= 15 is 0 Å². The molecule has 4 N–H and O–H groups in total. The van der Waals surface area contributed by atoms with Gasteiger partial charge in [-0.3, -0.25) is 0 Å². The van der Waals surface area contributed by atoms with Crippen molar-refractivity contribution in [2.45, 2.75) is 0 Å². The molecule has 0 aliphatic heterocycles. The number of primary amides is 1. The Kier molecular flexibility index (Phi) is 14.4. The van der Waals surface area contributed by atoms with Gasteiger partial charge in [0.15, 0.2) is 0 Å². The number of ether oxygens (including phenoxy) is 5. The summed E-state index contributed by atoms with van der Waals surface area (Å²) in [5.41, 5.74) is 10.0. The molecule has 0 aliphatic rings. The summed E-state index contributed by atoms with van der Waals surface area (Å²) in [6, 6.07) is 0. The largest absolute Gasteiger partial charge is 0.447 e. The Labute approximate surface area is 113 Å². The van der Waals surface area contributed by atoms with Gasteiger partial charge in [0.05, 0.1) is 52.9 Å². The predicted octanol–water partition coefficient (Wildman–Crippen LogP) is -0.893. The first kappa shape index (κ1) is 18.1.